The van der Waals surface area contributed by atoms with E-state index in [1.165, 1.54) is 24.0 Å². The van der Waals surface area contributed by atoms with Crippen LogP contribution in [-0.2, 0) is 0 Å². The van der Waals surface area contributed by atoms with Gasteiger partial charge in [-0.3, -0.25) is 4.79 Å². The van der Waals surface area contributed by atoms with Crippen molar-refractivity contribution in [3.8, 4) is 0 Å². The van der Waals surface area contributed by atoms with Gasteiger partial charge in [0, 0.05) is 17.5 Å². The van der Waals surface area contributed by atoms with Gasteiger partial charge in [-0.05, 0) is 19.3 Å². The zero-order chi connectivity index (χ0) is 9.97. The molecule has 2 rings (SSSR count). The van der Waals surface area contributed by atoms with E-state index in [0.717, 1.165) is 19.3 Å². The van der Waals surface area contributed by atoms with Crippen LogP contribution in [0.4, 0.5) is 0 Å². The summed E-state index contributed by atoms with van der Waals surface area (Å²) in [4.78, 5) is 17.6. The van der Waals surface area contributed by atoms with Crippen molar-refractivity contribution in [3.63, 3.8) is 0 Å². The van der Waals surface area contributed by atoms with Gasteiger partial charge in [-0.25, -0.2) is 4.98 Å². The summed E-state index contributed by atoms with van der Waals surface area (Å²) in [5, 5.41) is 10.4. The van der Waals surface area contributed by atoms with Crippen LogP contribution < -0.4 is 5.56 Å². The smallest absolute Gasteiger partial charge is 0.251 e. The molecule has 5 heteroatoms. The van der Waals surface area contributed by atoms with E-state index in [2.05, 4.69) is 9.97 Å². The molecule has 0 spiro atoms. The number of aromatic nitrogens is 2. The molecule has 1 aliphatic carbocycles. The van der Waals surface area contributed by atoms with Gasteiger partial charge in [-0.2, -0.15) is 0 Å². The second kappa shape index (κ2) is 4.14. The van der Waals surface area contributed by atoms with Crippen LogP contribution in [0.1, 0.15) is 19.3 Å². The number of H-pyrrole nitrogens is 1. The molecule has 0 aliphatic heterocycles. The Morgan fingerprint density at radius 3 is 3.07 bits per heavy atom. The van der Waals surface area contributed by atoms with E-state index >= 15 is 0 Å². The molecule has 1 aromatic heterocycles. The fourth-order valence-electron chi connectivity index (χ4n) is 1.60. The van der Waals surface area contributed by atoms with Crippen molar-refractivity contribution < 1.29 is 5.11 Å². The Hall–Kier alpha value is -0.810. The van der Waals surface area contributed by atoms with Gasteiger partial charge in [0.2, 0.25) is 0 Å². The van der Waals surface area contributed by atoms with Crippen LogP contribution in [0.25, 0.3) is 0 Å². The summed E-state index contributed by atoms with van der Waals surface area (Å²) < 4.78 is 0. The fourth-order valence-corrected chi connectivity index (χ4v) is 2.74. The molecular weight excluding hydrogens is 200 g/mol. The van der Waals surface area contributed by atoms with Crippen LogP contribution in [0.3, 0.4) is 0 Å². The second-order valence-electron chi connectivity index (χ2n) is 3.39. The van der Waals surface area contributed by atoms with Crippen LogP contribution in [0.5, 0.6) is 0 Å². The number of rotatable bonds is 2. The van der Waals surface area contributed by atoms with Crippen molar-refractivity contribution >= 4 is 11.8 Å². The Morgan fingerprint density at radius 1 is 1.57 bits per heavy atom. The molecule has 2 N–H and O–H groups in total. The van der Waals surface area contributed by atoms with Gasteiger partial charge >= 0.3 is 0 Å². The minimum atomic E-state index is -0.259. The molecule has 0 amide bonds. The van der Waals surface area contributed by atoms with E-state index in [1.807, 2.05) is 0 Å². The topological polar surface area (TPSA) is 66.0 Å². The molecule has 1 heterocycles. The highest BCUT2D eigenvalue weighted by Gasteiger charge is 2.26. The van der Waals surface area contributed by atoms with Gasteiger partial charge in [0.1, 0.15) is 0 Å². The van der Waals surface area contributed by atoms with Gasteiger partial charge in [-0.1, -0.05) is 11.8 Å². The number of hydrogen-bond acceptors (Lipinski definition) is 4. The lowest BCUT2D eigenvalue weighted by Gasteiger charge is -2.11. The lowest BCUT2D eigenvalue weighted by atomic mass is 10.3. The number of aromatic amines is 1. The van der Waals surface area contributed by atoms with Crippen LogP contribution in [0.2, 0.25) is 0 Å². The van der Waals surface area contributed by atoms with Gasteiger partial charge in [0.15, 0.2) is 5.16 Å². The van der Waals surface area contributed by atoms with E-state index in [-0.39, 0.29) is 16.9 Å². The molecular formula is C9H12N2O2S. The zero-order valence-electron chi connectivity index (χ0n) is 7.64. The third kappa shape index (κ3) is 2.16. The molecule has 2 unspecified atom stereocenters. The number of aliphatic hydroxyl groups is 1. The third-order valence-electron chi connectivity index (χ3n) is 2.33. The Bertz CT molecular complexity index is 366. The summed E-state index contributed by atoms with van der Waals surface area (Å²) in [6.45, 7) is 0. The van der Waals surface area contributed by atoms with E-state index in [9.17, 15) is 9.90 Å². The van der Waals surface area contributed by atoms with Crippen molar-refractivity contribution in [2.75, 3.05) is 0 Å². The summed E-state index contributed by atoms with van der Waals surface area (Å²) in [5.41, 5.74) is -0.144. The first-order chi connectivity index (χ1) is 6.75. The quantitative estimate of drug-likeness (QED) is 0.711. The highest BCUT2D eigenvalue weighted by Crippen LogP contribution is 2.32. The van der Waals surface area contributed by atoms with Crippen molar-refractivity contribution in [2.45, 2.75) is 35.8 Å². The maximum absolute atomic E-state index is 11.0. The zero-order valence-corrected chi connectivity index (χ0v) is 8.46. The molecule has 1 aromatic rings. The summed E-state index contributed by atoms with van der Waals surface area (Å²) in [7, 11) is 0. The predicted molar refractivity (Wildman–Crippen MR) is 54.4 cm³/mol. The molecule has 76 valence electrons. The minimum absolute atomic E-state index is 0.144. The highest BCUT2D eigenvalue weighted by atomic mass is 32.2. The third-order valence-corrected chi connectivity index (χ3v) is 3.61. The summed E-state index contributed by atoms with van der Waals surface area (Å²) >= 11 is 1.46. The maximum atomic E-state index is 11.0. The molecule has 1 aliphatic rings. The standard InChI is InChI=1S/C9H12N2O2S/c12-6-2-1-3-7(6)14-9-10-5-4-8(13)11-9/h4-7,12H,1-3H2,(H,10,11,13). The highest BCUT2D eigenvalue weighted by molar-refractivity contribution is 7.99. The molecule has 0 aromatic carbocycles. The minimum Gasteiger partial charge on any atom is -0.392 e. The number of hydrogen-bond donors (Lipinski definition) is 2. The maximum Gasteiger partial charge on any atom is 0.251 e. The summed E-state index contributed by atoms with van der Waals surface area (Å²) in [6, 6.07) is 1.38. The van der Waals surface area contributed by atoms with Gasteiger partial charge in [0.05, 0.1) is 6.10 Å². The first-order valence-corrected chi connectivity index (χ1v) is 5.54. The number of nitrogens with one attached hydrogen (secondary N) is 1. The Labute approximate surface area is 85.8 Å². The number of nitrogens with zero attached hydrogens (tertiary/aromatic N) is 1. The van der Waals surface area contributed by atoms with Crippen LogP contribution in [0, 0.1) is 0 Å². The second-order valence-corrected chi connectivity index (χ2v) is 4.62. The largest absolute Gasteiger partial charge is 0.392 e. The Kier molecular flexibility index (Phi) is 2.88. The Balaban J connectivity index is 2.07. The molecule has 0 saturated heterocycles. The molecule has 0 radical (unpaired) electrons. The molecule has 1 saturated carbocycles. The fraction of sp³-hybridized carbons (Fsp3) is 0.556. The van der Waals surface area contributed by atoms with Gasteiger partial charge in [-0.15, -0.1) is 0 Å². The Morgan fingerprint density at radius 2 is 2.43 bits per heavy atom. The molecule has 4 nitrogen and oxygen atoms in total. The number of thioether (sulfide) groups is 1. The lowest BCUT2D eigenvalue weighted by Crippen LogP contribution is -2.16. The predicted octanol–water partition coefficient (Wildman–Crippen LogP) is 0.775. The average molecular weight is 212 g/mol. The van der Waals surface area contributed by atoms with Crippen molar-refractivity contribution in [1.82, 2.24) is 9.97 Å². The van der Waals surface area contributed by atoms with Crippen molar-refractivity contribution in [1.29, 1.82) is 0 Å². The molecule has 2 atom stereocenters. The van der Waals surface area contributed by atoms with E-state index in [4.69, 9.17) is 0 Å². The molecule has 1 fully saturated rings. The monoisotopic (exact) mass is 212 g/mol. The normalized spacial score (nSPS) is 26.6. The summed E-state index contributed by atoms with van der Waals surface area (Å²) in [6.07, 6.45) is 4.13. The number of aliphatic hydroxyl groups excluding tert-OH is 1. The SMILES string of the molecule is O=c1ccnc(SC2CCCC2O)[nH]1. The molecule has 14 heavy (non-hydrogen) atoms. The van der Waals surface area contributed by atoms with Gasteiger partial charge < -0.3 is 10.1 Å². The van der Waals surface area contributed by atoms with E-state index in [0.29, 0.717) is 5.16 Å². The molecule has 0 bridgehead atoms. The van der Waals surface area contributed by atoms with Gasteiger partial charge in [0.25, 0.3) is 5.56 Å². The van der Waals surface area contributed by atoms with Crippen LogP contribution >= 0.6 is 11.8 Å². The van der Waals surface area contributed by atoms with E-state index in [1.54, 1.807) is 0 Å². The van der Waals surface area contributed by atoms with Crippen molar-refractivity contribution in [3.05, 3.63) is 22.6 Å². The average Bonchev–Trinajstić information content (AvgIpc) is 2.52. The first kappa shape index (κ1) is 9.73. The summed E-state index contributed by atoms with van der Waals surface area (Å²) in [5.74, 6) is 0. The van der Waals surface area contributed by atoms with Crippen LogP contribution in [-0.4, -0.2) is 26.4 Å². The first-order valence-electron chi connectivity index (χ1n) is 4.66. The van der Waals surface area contributed by atoms with E-state index < -0.39 is 0 Å². The lowest BCUT2D eigenvalue weighted by molar-refractivity contribution is 0.188. The van der Waals surface area contributed by atoms with Crippen molar-refractivity contribution in [2.24, 2.45) is 0 Å². The van der Waals surface area contributed by atoms with Crippen LogP contribution in [0.15, 0.2) is 22.2 Å².